The Morgan fingerprint density at radius 3 is 2.81 bits per heavy atom. The van der Waals surface area contributed by atoms with E-state index >= 15 is 0 Å². The van der Waals surface area contributed by atoms with Crippen molar-refractivity contribution in [1.29, 1.82) is 0 Å². The van der Waals surface area contributed by atoms with Gasteiger partial charge < -0.3 is 19.8 Å². The summed E-state index contributed by atoms with van der Waals surface area (Å²) < 4.78 is 10.9. The molecule has 1 aromatic carbocycles. The lowest BCUT2D eigenvalue weighted by Crippen LogP contribution is -2.40. The van der Waals surface area contributed by atoms with E-state index in [1.807, 2.05) is 12.1 Å². The largest absolute Gasteiger partial charge is 0.469 e. The van der Waals surface area contributed by atoms with Crippen LogP contribution in [0.25, 0.3) is 0 Å². The molecule has 2 aromatic rings. The Balaban J connectivity index is 0.00000261. The molecule has 0 radical (unpaired) electrons. The van der Waals surface area contributed by atoms with Gasteiger partial charge in [-0.3, -0.25) is 4.99 Å². The molecular weight excluding hydrogens is 453 g/mol. The van der Waals surface area contributed by atoms with Gasteiger partial charge in [-0.2, -0.15) is 0 Å². The molecule has 0 bridgehead atoms. The molecule has 27 heavy (non-hydrogen) atoms. The summed E-state index contributed by atoms with van der Waals surface area (Å²) in [6.45, 7) is 7.55. The number of furan rings is 1. The number of guanidine groups is 1. The fraction of sp³-hybridized carbons (Fsp3) is 0.476. The molecule has 2 N–H and O–H groups in total. The first-order chi connectivity index (χ1) is 12.7. The molecule has 6 heteroatoms. The van der Waals surface area contributed by atoms with Crippen LogP contribution in [0.4, 0.5) is 0 Å². The third-order valence-corrected chi connectivity index (χ3v) is 4.78. The summed E-state index contributed by atoms with van der Waals surface area (Å²) in [6.07, 6.45) is 3.64. The van der Waals surface area contributed by atoms with Crippen LogP contribution in [0.15, 0.2) is 52.1 Å². The first kappa shape index (κ1) is 21.8. The summed E-state index contributed by atoms with van der Waals surface area (Å²) in [4.78, 5) is 4.80. The normalized spacial score (nSPS) is 18.0. The van der Waals surface area contributed by atoms with Crippen LogP contribution in [0.3, 0.4) is 0 Å². The Kier molecular flexibility index (Phi) is 9.14. The van der Waals surface area contributed by atoms with Gasteiger partial charge in [0.15, 0.2) is 5.96 Å². The summed E-state index contributed by atoms with van der Waals surface area (Å²) in [5.74, 6) is 2.35. The summed E-state index contributed by atoms with van der Waals surface area (Å²) in [7, 11) is 0. The van der Waals surface area contributed by atoms with E-state index in [2.05, 4.69) is 48.7 Å². The number of aliphatic imine (C=N–C) groups is 1. The maximum atomic E-state index is 5.46. The SMILES string of the molecule is Cc1ccccc1C(C)NC(=NCC1CCOC1)NCCc1ccco1.I. The Bertz CT molecular complexity index is 697. The van der Waals surface area contributed by atoms with Gasteiger partial charge >= 0.3 is 0 Å². The highest BCUT2D eigenvalue weighted by atomic mass is 127. The van der Waals surface area contributed by atoms with Crippen molar-refractivity contribution >= 4 is 29.9 Å². The second-order valence-corrected chi connectivity index (χ2v) is 6.90. The lowest BCUT2D eigenvalue weighted by Gasteiger charge is -2.20. The minimum atomic E-state index is 0. The van der Waals surface area contributed by atoms with Crippen LogP contribution in [-0.4, -0.2) is 32.3 Å². The minimum absolute atomic E-state index is 0. The van der Waals surface area contributed by atoms with Gasteiger partial charge in [0.05, 0.1) is 18.9 Å². The van der Waals surface area contributed by atoms with E-state index in [9.17, 15) is 0 Å². The van der Waals surface area contributed by atoms with Crippen LogP contribution >= 0.6 is 24.0 Å². The number of nitrogens with zero attached hydrogens (tertiary/aromatic N) is 1. The molecular formula is C21H30IN3O2. The molecule has 1 aliphatic rings. The Labute approximate surface area is 179 Å². The Morgan fingerprint density at radius 1 is 1.26 bits per heavy atom. The van der Waals surface area contributed by atoms with Crippen LogP contribution in [-0.2, 0) is 11.2 Å². The quantitative estimate of drug-likeness (QED) is 0.354. The smallest absolute Gasteiger partial charge is 0.191 e. The molecule has 3 rings (SSSR count). The molecule has 2 unspecified atom stereocenters. The van der Waals surface area contributed by atoms with Crippen LogP contribution in [0, 0.1) is 12.8 Å². The fourth-order valence-electron chi connectivity index (χ4n) is 3.21. The van der Waals surface area contributed by atoms with E-state index < -0.39 is 0 Å². The van der Waals surface area contributed by atoms with Crippen molar-refractivity contribution in [1.82, 2.24) is 10.6 Å². The monoisotopic (exact) mass is 483 g/mol. The average Bonchev–Trinajstić information content (AvgIpc) is 3.33. The van der Waals surface area contributed by atoms with Crippen LogP contribution < -0.4 is 10.6 Å². The lowest BCUT2D eigenvalue weighted by atomic mass is 10.0. The number of benzene rings is 1. The van der Waals surface area contributed by atoms with E-state index in [0.717, 1.165) is 50.9 Å². The van der Waals surface area contributed by atoms with Gasteiger partial charge in [0, 0.05) is 32.0 Å². The minimum Gasteiger partial charge on any atom is -0.469 e. The highest BCUT2D eigenvalue weighted by Gasteiger charge is 2.16. The molecule has 0 amide bonds. The second kappa shape index (κ2) is 11.3. The standard InChI is InChI=1S/C21H29N3O2.HI/c1-16-6-3-4-8-20(16)17(2)24-21(23-14-18-10-13-25-15-18)22-11-9-19-7-5-12-26-19;/h3-8,12,17-18H,9-11,13-15H2,1-2H3,(H2,22,23,24);1H. The zero-order chi connectivity index (χ0) is 18.2. The first-order valence-electron chi connectivity index (χ1n) is 9.43. The van der Waals surface area contributed by atoms with Crippen LogP contribution in [0.5, 0.6) is 0 Å². The highest BCUT2D eigenvalue weighted by molar-refractivity contribution is 14.0. The van der Waals surface area contributed by atoms with Gasteiger partial charge in [0.2, 0.25) is 0 Å². The van der Waals surface area contributed by atoms with Crippen molar-refractivity contribution in [2.45, 2.75) is 32.7 Å². The van der Waals surface area contributed by atoms with Crippen molar-refractivity contribution in [3.8, 4) is 0 Å². The average molecular weight is 483 g/mol. The Hall–Kier alpha value is -1.54. The van der Waals surface area contributed by atoms with Crippen LogP contribution in [0.2, 0.25) is 0 Å². The van der Waals surface area contributed by atoms with E-state index in [1.54, 1.807) is 6.26 Å². The third-order valence-electron chi connectivity index (χ3n) is 4.78. The molecule has 0 spiro atoms. The molecule has 5 nitrogen and oxygen atoms in total. The van der Waals surface area contributed by atoms with Gasteiger partial charge in [-0.15, -0.1) is 24.0 Å². The Morgan fingerprint density at radius 2 is 2.11 bits per heavy atom. The molecule has 2 heterocycles. The molecule has 1 saturated heterocycles. The predicted molar refractivity (Wildman–Crippen MR) is 120 cm³/mol. The number of rotatable bonds is 7. The number of ether oxygens (including phenoxy) is 1. The van der Waals surface area contributed by atoms with Crippen molar-refractivity contribution in [3.05, 3.63) is 59.5 Å². The van der Waals surface area contributed by atoms with Crippen LogP contribution in [0.1, 0.15) is 36.3 Å². The van der Waals surface area contributed by atoms with E-state index in [0.29, 0.717) is 5.92 Å². The topological polar surface area (TPSA) is 58.8 Å². The zero-order valence-corrected chi connectivity index (χ0v) is 18.4. The summed E-state index contributed by atoms with van der Waals surface area (Å²) in [5, 5.41) is 6.99. The first-order valence-corrected chi connectivity index (χ1v) is 9.43. The molecule has 148 valence electrons. The molecule has 2 atom stereocenters. The van der Waals surface area contributed by atoms with Gasteiger partial charge in [0.25, 0.3) is 0 Å². The molecule has 1 fully saturated rings. The van der Waals surface area contributed by atoms with Gasteiger partial charge in [-0.25, -0.2) is 0 Å². The highest BCUT2D eigenvalue weighted by Crippen LogP contribution is 2.17. The van der Waals surface area contributed by atoms with Gasteiger partial charge in [-0.1, -0.05) is 24.3 Å². The second-order valence-electron chi connectivity index (χ2n) is 6.90. The number of aryl methyl sites for hydroxylation is 1. The van der Waals surface area contributed by atoms with Gasteiger partial charge in [0.1, 0.15) is 5.76 Å². The molecule has 1 aromatic heterocycles. The van der Waals surface area contributed by atoms with E-state index in [1.165, 1.54) is 11.1 Å². The number of hydrogen-bond acceptors (Lipinski definition) is 3. The van der Waals surface area contributed by atoms with Crippen molar-refractivity contribution in [2.75, 3.05) is 26.3 Å². The van der Waals surface area contributed by atoms with Gasteiger partial charge in [-0.05, 0) is 43.5 Å². The number of halogens is 1. The third kappa shape index (κ3) is 6.84. The van der Waals surface area contributed by atoms with Crippen molar-refractivity contribution in [2.24, 2.45) is 10.9 Å². The summed E-state index contributed by atoms with van der Waals surface area (Å²) in [6, 6.07) is 12.6. The predicted octanol–water partition coefficient (Wildman–Crippen LogP) is 4.08. The maximum Gasteiger partial charge on any atom is 0.191 e. The number of hydrogen-bond donors (Lipinski definition) is 2. The molecule has 0 aliphatic carbocycles. The summed E-state index contributed by atoms with van der Waals surface area (Å²) >= 11 is 0. The molecule has 1 aliphatic heterocycles. The fourth-order valence-corrected chi connectivity index (χ4v) is 3.21. The van der Waals surface area contributed by atoms with E-state index in [-0.39, 0.29) is 30.0 Å². The van der Waals surface area contributed by atoms with Crippen molar-refractivity contribution < 1.29 is 9.15 Å². The maximum absolute atomic E-state index is 5.46. The number of nitrogens with one attached hydrogen (secondary N) is 2. The van der Waals surface area contributed by atoms with Crippen molar-refractivity contribution in [3.63, 3.8) is 0 Å². The molecule has 0 saturated carbocycles. The lowest BCUT2D eigenvalue weighted by molar-refractivity contribution is 0.187. The summed E-state index contributed by atoms with van der Waals surface area (Å²) in [5.41, 5.74) is 2.57. The van der Waals surface area contributed by atoms with E-state index in [4.69, 9.17) is 14.1 Å². The zero-order valence-electron chi connectivity index (χ0n) is 16.1.